The Morgan fingerprint density at radius 1 is 1.20 bits per heavy atom. The molecule has 0 unspecified atom stereocenters. The Labute approximate surface area is 122 Å². The predicted octanol–water partition coefficient (Wildman–Crippen LogP) is 4.55. The van der Waals surface area contributed by atoms with Gasteiger partial charge in [0.25, 0.3) is 0 Å². The molecule has 0 aliphatic carbocycles. The van der Waals surface area contributed by atoms with Gasteiger partial charge >= 0.3 is 0 Å². The molecule has 0 aliphatic rings. The second-order valence-electron chi connectivity index (χ2n) is 4.59. The van der Waals surface area contributed by atoms with E-state index in [-0.39, 0.29) is 5.02 Å². The molecule has 2 aromatic carbocycles. The molecule has 0 saturated carbocycles. The van der Waals surface area contributed by atoms with Gasteiger partial charge in [-0.3, -0.25) is 0 Å². The highest BCUT2D eigenvalue weighted by molar-refractivity contribution is 6.30. The van der Waals surface area contributed by atoms with E-state index in [1.165, 1.54) is 6.07 Å². The fraction of sp³-hybridized carbons (Fsp3) is 0.188. The summed E-state index contributed by atoms with van der Waals surface area (Å²) in [5, 5.41) is 8.98. The average Bonchev–Trinajstić information content (AvgIpc) is 2.41. The first kappa shape index (κ1) is 14.4. The van der Waals surface area contributed by atoms with Crippen LogP contribution in [0.4, 0.5) is 4.39 Å². The molecule has 102 valence electrons. The maximum absolute atomic E-state index is 13.1. The molecule has 0 aliphatic heterocycles. The van der Waals surface area contributed by atoms with Crippen LogP contribution in [0.3, 0.4) is 0 Å². The van der Waals surface area contributed by atoms with Crippen molar-refractivity contribution in [2.45, 2.75) is 20.5 Å². The largest absolute Gasteiger partial charge is 0.488 e. The van der Waals surface area contributed by atoms with Crippen LogP contribution in [0.5, 0.6) is 5.75 Å². The topological polar surface area (TPSA) is 33.0 Å². The van der Waals surface area contributed by atoms with Gasteiger partial charge in [0.2, 0.25) is 0 Å². The Balaban J connectivity index is 2.19. The average molecular weight is 290 g/mol. The SMILES string of the molecule is Cc1cc(C#N)cc(C)c1OCc1ccc(F)c(Cl)c1. The molecule has 0 heterocycles. The van der Waals surface area contributed by atoms with Gasteiger partial charge in [-0.25, -0.2) is 4.39 Å². The van der Waals surface area contributed by atoms with Crippen molar-refractivity contribution in [1.29, 1.82) is 5.26 Å². The van der Waals surface area contributed by atoms with Crippen molar-refractivity contribution in [3.8, 4) is 11.8 Å². The molecule has 20 heavy (non-hydrogen) atoms. The highest BCUT2D eigenvalue weighted by Gasteiger charge is 2.08. The molecule has 0 aromatic heterocycles. The van der Waals surface area contributed by atoms with E-state index in [0.29, 0.717) is 12.2 Å². The van der Waals surface area contributed by atoms with Crippen molar-refractivity contribution in [3.63, 3.8) is 0 Å². The fourth-order valence-corrected chi connectivity index (χ4v) is 2.23. The van der Waals surface area contributed by atoms with Crippen molar-refractivity contribution < 1.29 is 9.13 Å². The number of hydrogen-bond donors (Lipinski definition) is 0. The summed E-state index contributed by atoms with van der Waals surface area (Å²) in [6, 6.07) is 10.2. The minimum Gasteiger partial charge on any atom is -0.488 e. The molecule has 0 saturated heterocycles. The van der Waals surface area contributed by atoms with Crippen LogP contribution in [0.2, 0.25) is 5.02 Å². The lowest BCUT2D eigenvalue weighted by atomic mass is 10.1. The third kappa shape index (κ3) is 3.09. The highest BCUT2D eigenvalue weighted by Crippen LogP contribution is 2.26. The van der Waals surface area contributed by atoms with Crippen LogP contribution in [0, 0.1) is 31.0 Å². The smallest absolute Gasteiger partial charge is 0.141 e. The van der Waals surface area contributed by atoms with Crippen LogP contribution in [0.25, 0.3) is 0 Å². The van der Waals surface area contributed by atoms with Gasteiger partial charge in [-0.15, -0.1) is 0 Å². The molecule has 0 atom stereocenters. The molecule has 0 N–H and O–H groups in total. The second kappa shape index (κ2) is 5.94. The number of halogens is 2. The van der Waals surface area contributed by atoms with Gasteiger partial charge in [-0.1, -0.05) is 17.7 Å². The standard InChI is InChI=1S/C16H13ClFNO/c1-10-5-13(8-19)6-11(2)16(10)20-9-12-3-4-15(18)14(17)7-12/h3-7H,9H2,1-2H3. The molecular formula is C16H13ClFNO. The van der Waals surface area contributed by atoms with E-state index in [1.807, 2.05) is 13.8 Å². The number of ether oxygens (including phenoxy) is 1. The Morgan fingerprint density at radius 2 is 1.85 bits per heavy atom. The van der Waals surface area contributed by atoms with Gasteiger partial charge in [-0.05, 0) is 54.8 Å². The number of rotatable bonds is 3. The summed E-state index contributed by atoms with van der Waals surface area (Å²) in [5.41, 5.74) is 3.20. The summed E-state index contributed by atoms with van der Waals surface area (Å²) in [5.74, 6) is 0.297. The number of nitrogens with zero attached hydrogens (tertiary/aromatic N) is 1. The monoisotopic (exact) mass is 289 g/mol. The zero-order chi connectivity index (χ0) is 14.7. The lowest BCUT2D eigenvalue weighted by molar-refractivity contribution is 0.302. The number of nitriles is 1. The summed E-state index contributed by atoms with van der Waals surface area (Å²) in [4.78, 5) is 0. The van der Waals surface area contributed by atoms with Gasteiger partial charge < -0.3 is 4.74 Å². The maximum Gasteiger partial charge on any atom is 0.141 e. The molecule has 4 heteroatoms. The maximum atomic E-state index is 13.1. The van der Waals surface area contributed by atoms with E-state index in [4.69, 9.17) is 21.6 Å². The van der Waals surface area contributed by atoms with Crippen LogP contribution in [0.1, 0.15) is 22.3 Å². The normalized spacial score (nSPS) is 10.2. The van der Waals surface area contributed by atoms with E-state index < -0.39 is 5.82 Å². The summed E-state index contributed by atoms with van der Waals surface area (Å²) in [6.07, 6.45) is 0. The molecule has 2 rings (SSSR count). The van der Waals surface area contributed by atoms with Gasteiger partial charge in [0.15, 0.2) is 0 Å². The molecule has 2 nitrogen and oxygen atoms in total. The van der Waals surface area contributed by atoms with Crippen molar-refractivity contribution >= 4 is 11.6 Å². The van der Waals surface area contributed by atoms with Crippen molar-refractivity contribution in [2.24, 2.45) is 0 Å². The number of aryl methyl sites for hydroxylation is 2. The van der Waals surface area contributed by atoms with Gasteiger partial charge in [-0.2, -0.15) is 5.26 Å². The van der Waals surface area contributed by atoms with Gasteiger partial charge in [0.1, 0.15) is 18.2 Å². The van der Waals surface area contributed by atoms with Gasteiger partial charge in [0.05, 0.1) is 16.7 Å². The number of hydrogen-bond acceptors (Lipinski definition) is 2. The zero-order valence-electron chi connectivity index (χ0n) is 11.2. The first-order valence-electron chi connectivity index (χ1n) is 6.09. The summed E-state index contributed by atoms with van der Waals surface area (Å²) < 4.78 is 18.8. The van der Waals surface area contributed by atoms with Crippen LogP contribution in [0.15, 0.2) is 30.3 Å². The lowest BCUT2D eigenvalue weighted by Crippen LogP contribution is -2.00. The first-order chi connectivity index (χ1) is 9.51. The Hall–Kier alpha value is -2.05. The van der Waals surface area contributed by atoms with E-state index in [2.05, 4.69) is 6.07 Å². The van der Waals surface area contributed by atoms with Gasteiger partial charge in [0, 0.05) is 0 Å². The molecule has 0 bridgehead atoms. The summed E-state index contributed by atoms with van der Waals surface area (Å²) in [7, 11) is 0. The first-order valence-corrected chi connectivity index (χ1v) is 6.47. The second-order valence-corrected chi connectivity index (χ2v) is 5.00. The zero-order valence-corrected chi connectivity index (χ0v) is 12.0. The van der Waals surface area contributed by atoms with Crippen LogP contribution in [-0.2, 0) is 6.61 Å². The van der Waals surface area contributed by atoms with Crippen LogP contribution >= 0.6 is 11.6 Å². The number of benzene rings is 2. The third-order valence-corrected chi connectivity index (χ3v) is 3.25. The Morgan fingerprint density at radius 3 is 2.40 bits per heavy atom. The van der Waals surface area contributed by atoms with Crippen LogP contribution < -0.4 is 4.74 Å². The predicted molar refractivity (Wildman–Crippen MR) is 76.4 cm³/mol. The van der Waals surface area contributed by atoms with E-state index in [1.54, 1.807) is 24.3 Å². The van der Waals surface area contributed by atoms with Crippen molar-refractivity contribution in [3.05, 3.63) is 63.4 Å². The summed E-state index contributed by atoms with van der Waals surface area (Å²) in [6.45, 7) is 4.08. The molecule has 0 spiro atoms. The van der Waals surface area contributed by atoms with Crippen molar-refractivity contribution in [2.75, 3.05) is 0 Å². The van der Waals surface area contributed by atoms with Crippen LogP contribution in [-0.4, -0.2) is 0 Å². The molecular weight excluding hydrogens is 277 g/mol. The Kier molecular flexibility index (Phi) is 4.26. The minimum absolute atomic E-state index is 0.0828. The lowest BCUT2D eigenvalue weighted by Gasteiger charge is -2.13. The molecule has 2 aromatic rings. The van der Waals surface area contributed by atoms with E-state index in [0.717, 1.165) is 22.4 Å². The molecule has 0 radical (unpaired) electrons. The third-order valence-electron chi connectivity index (χ3n) is 2.96. The minimum atomic E-state index is -0.443. The molecule has 0 fully saturated rings. The fourth-order valence-electron chi connectivity index (χ4n) is 2.03. The Bertz CT molecular complexity index is 668. The molecule has 0 amide bonds. The summed E-state index contributed by atoms with van der Waals surface area (Å²) >= 11 is 5.73. The van der Waals surface area contributed by atoms with Crippen molar-refractivity contribution in [1.82, 2.24) is 0 Å². The van der Waals surface area contributed by atoms with E-state index >= 15 is 0 Å². The highest BCUT2D eigenvalue weighted by atomic mass is 35.5. The quantitative estimate of drug-likeness (QED) is 0.830. The van der Waals surface area contributed by atoms with E-state index in [9.17, 15) is 4.39 Å².